The van der Waals surface area contributed by atoms with E-state index < -0.39 is 0 Å². The Morgan fingerprint density at radius 2 is 2.06 bits per heavy atom. The molecule has 0 aromatic heterocycles. The fourth-order valence-corrected chi connectivity index (χ4v) is 2.86. The van der Waals surface area contributed by atoms with Gasteiger partial charge in [0.25, 0.3) is 0 Å². The molecule has 1 aromatic rings. The van der Waals surface area contributed by atoms with Crippen molar-refractivity contribution in [3.8, 4) is 0 Å². The van der Waals surface area contributed by atoms with E-state index in [4.69, 9.17) is 0 Å². The van der Waals surface area contributed by atoms with Crippen LogP contribution in [0.5, 0.6) is 0 Å². The Kier molecular flexibility index (Phi) is 3.55. The van der Waals surface area contributed by atoms with Crippen LogP contribution in [0.3, 0.4) is 0 Å². The van der Waals surface area contributed by atoms with Crippen LogP contribution < -0.4 is 10.2 Å². The van der Waals surface area contributed by atoms with Crippen molar-refractivity contribution in [1.82, 2.24) is 5.32 Å². The first-order valence-corrected chi connectivity index (χ1v) is 6.63. The third-order valence-electron chi connectivity index (χ3n) is 3.12. The first-order valence-electron chi connectivity index (χ1n) is 5.83. The summed E-state index contributed by atoms with van der Waals surface area (Å²) >= 11 is 3.57. The van der Waals surface area contributed by atoms with Crippen LogP contribution in [0.4, 0.5) is 5.69 Å². The highest BCUT2D eigenvalue weighted by Gasteiger charge is 2.22. The molecule has 0 saturated carbocycles. The molecule has 1 aromatic carbocycles. The summed E-state index contributed by atoms with van der Waals surface area (Å²) in [6.07, 6.45) is 0. The Bertz CT molecular complexity index is 358. The predicted molar refractivity (Wildman–Crippen MR) is 73.2 cm³/mol. The molecule has 2 unspecified atom stereocenters. The van der Waals surface area contributed by atoms with Gasteiger partial charge in [0, 0.05) is 35.3 Å². The van der Waals surface area contributed by atoms with Crippen LogP contribution in [0.15, 0.2) is 22.7 Å². The number of anilines is 1. The van der Waals surface area contributed by atoms with Gasteiger partial charge >= 0.3 is 0 Å². The number of halogens is 1. The molecule has 1 N–H and O–H groups in total. The van der Waals surface area contributed by atoms with E-state index in [1.165, 1.54) is 15.7 Å². The topological polar surface area (TPSA) is 15.3 Å². The third-order valence-corrected chi connectivity index (χ3v) is 3.58. The van der Waals surface area contributed by atoms with Crippen LogP contribution >= 0.6 is 15.9 Å². The predicted octanol–water partition coefficient (Wildman–Crippen LogP) is 2.94. The smallest absolute Gasteiger partial charge is 0.0387 e. The van der Waals surface area contributed by atoms with Gasteiger partial charge in [-0.3, -0.25) is 0 Å². The van der Waals surface area contributed by atoms with E-state index in [2.05, 4.69) is 65.1 Å². The van der Waals surface area contributed by atoms with Crippen LogP contribution in [0, 0.1) is 6.92 Å². The second-order valence-corrected chi connectivity index (χ2v) is 5.71. The van der Waals surface area contributed by atoms with Crippen LogP contribution in [0.2, 0.25) is 0 Å². The SMILES string of the molecule is Cc1cc(Br)cc(N2CC(C)NCC2C)c1. The maximum Gasteiger partial charge on any atom is 0.0387 e. The van der Waals surface area contributed by atoms with Crippen LogP contribution in [0.25, 0.3) is 0 Å². The summed E-state index contributed by atoms with van der Waals surface area (Å²) < 4.78 is 1.17. The fraction of sp³-hybridized carbons (Fsp3) is 0.538. The van der Waals surface area contributed by atoms with Crippen molar-refractivity contribution >= 4 is 21.6 Å². The first-order chi connectivity index (χ1) is 7.56. The zero-order valence-electron chi connectivity index (χ0n) is 10.1. The van der Waals surface area contributed by atoms with Crippen molar-refractivity contribution in [2.24, 2.45) is 0 Å². The summed E-state index contributed by atoms with van der Waals surface area (Å²) in [6.45, 7) is 8.80. The van der Waals surface area contributed by atoms with Gasteiger partial charge in [-0.1, -0.05) is 15.9 Å². The van der Waals surface area contributed by atoms with E-state index in [9.17, 15) is 0 Å². The number of piperazine rings is 1. The average molecular weight is 283 g/mol. The molecule has 0 bridgehead atoms. The molecular formula is C13H19BrN2. The summed E-state index contributed by atoms with van der Waals surface area (Å²) in [5.41, 5.74) is 2.63. The number of hydrogen-bond acceptors (Lipinski definition) is 2. The summed E-state index contributed by atoms with van der Waals surface area (Å²) in [4.78, 5) is 2.49. The molecule has 0 radical (unpaired) electrons. The molecule has 1 aliphatic heterocycles. The second-order valence-electron chi connectivity index (χ2n) is 4.80. The first kappa shape index (κ1) is 11.9. The van der Waals surface area contributed by atoms with Gasteiger partial charge in [0.05, 0.1) is 0 Å². The number of benzene rings is 1. The van der Waals surface area contributed by atoms with E-state index in [1.54, 1.807) is 0 Å². The Labute approximate surface area is 106 Å². The van der Waals surface area contributed by atoms with Gasteiger partial charge in [-0.2, -0.15) is 0 Å². The highest BCUT2D eigenvalue weighted by molar-refractivity contribution is 9.10. The molecule has 3 heteroatoms. The Hall–Kier alpha value is -0.540. The van der Waals surface area contributed by atoms with Gasteiger partial charge in [0.1, 0.15) is 0 Å². The minimum Gasteiger partial charge on any atom is -0.366 e. The summed E-state index contributed by atoms with van der Waals surface area (Å²) in [5.74, 6) is 0. The van der Waals surface area contributed by atoms with Crippen molar-refractivity contribution in [2.45, 2.75) is 32.9 Å². The van der Waals surface area contributed by atoms with E-state index in [-0.39, 0.29) is 0 Å². The van der Waals surface area contributed by atoms with E-state index >= 15 is 0 Å². The molecule has 2 atom stereocenters. The minimum atomic E-state index is 0.560. The lowest BCUT2D eigenvalue weighted by Gasteiger charge is -2.39. The molecule has 88 valence electrons. The molecule has 0 aliphatic carbocycles. The average Bonchev–Trinajstić information content (AvgIpc) is 2.20. The largest absolute Gasteiger partial charge is 0.366 e. The zero-order valence-corrected chi connectivity index (χ0v) is 11.7. The Morgan fingerprint density at radius 3 is 2.75 bits per heavy atom. The summed E-state index contributed by atoms with van der Waals surface area (Å²) in [7, 11) is 0. The molecule has 1 heterocycles. The van der Waals surface area contributed by atoms with Crippen LogP contribution in [-0.2, 0) is 0 Å². The number of nitrogens with one attached hydrogen (secondary N) is 1. The lowest BCUT2D eigenvalue weighted by atomic mass is 10.1. The molecule has 0 spiro atoms. The van der Waals surface area contributed by atoms with Crippen molar-refractivity contribution in [3.05, 3.63) is 28.2 Å². The van der Waals surface area contributed by atoms with E-state index in [0.717, 1.165) is 13.1 Å². The van der Waals surface area contributed by atoms with Gasteiger partial charge < -0.3 is 10.2 Å². The number of rotatable bonds is 1. The molecular weight excluding hydrogens is 264 g/mol. The lowest BCUT2D eigenvalue weighted by Crippen LogP contribution is -2.54. The normalized spacial score (nSPS) is 25.9. The van der Waals surface area contributed by atoms with Gasteiger partial charge in [-0.05, 0) is 44.5 Å². The molecule has 1 fully saturated rings. The standard InChI is InChI=1S/C13H19BrN2/c1-9-4-12(14)6-13(5-9)16-8-10(2)15-7-11(16)3/h4-6,10-11,15H,7-8H2,1-3H3. The van der Waals surface area contributed by atoms with Crippen LogP contribution in [0.1, 0.15) is 19.4 Å². The van der Waals surface area contributed by atoms with Crippen molar-refractivity contribution in [2.75, 3.05) is 18.0 Å². The molecule has 1 aliphatic rings. The van der Waals surface area contributed by atoms with Gasteiger partial charge in [-0.25, -0.2) is 0 Å². The highest BCUT2D eigenvalue weighted by atomic mass is 79.9. The Morgan fingerprint density at radius 1 is 1.31 bits per heavy atom. The van der Waals surface area contributed by atoms with E-state index in [1.807, 2.05) is 0 Å². The number of aryl methyl sites for hydroxylation is 1. The molecule has 0 amide bonds. The van der Waals surface area contributed by atoms with Crippen LogP contribution in [-0.4, -0.2) is 25.2 Å². The van der Waals surface area contributed by atoms with Crippen molar-refractivity contribution < 1.29 is 0 Å². The zero-order chi connectivity index (χ0) is 11.7. The quantitative estimate of drug-likeness (QED) is 0.852. The number of nitrogens with zero attached hydrogens (tertiary/aromatic N) is 1. The summed E-state index contributed by atoms with van der Waals surface area (Å²) in [6, 6.07) is 7.75. The number of hydrogen-bond donors (Lipinski definition) is 1. The highest BCUT2D eigenvalue weighted by Crippen LogP contribution is 2.25. The summed E-state index contributed by atoms with van der Waals surface area (Å²) in [5, 5.41) is 3.51. The maximum atomic E-state index is 3.57. The molecule has 1 saturated heterocycles. The van der Waals surface area contributed by atoms with Gasteiger partial charge in [0.15, 0.2) is 0 Å². The maximum absolute atomic E-state index is 3.57. The van der Waals surface area contributed by atoms with E-state index in [0.29, 0.717) is 12.1 Å². The Balaban J connectivity index is 2.27. The molecule has 2 rings (SSSR count). The fourth-order valence-electron chi connectivity index (χ4n) is 2.26. The van der Waals surface area contributed by atoms with Crippen molar-refractivity contribution in [3.63, 3.8) is 0 Å². The molecule has 2 nitrogen and oxygen atoms in total. The molecule has 16 heavy (non-hydrogen) atoms. The third kappa shape index (κ3) is 2.58. The second kappa shape index (κ2) is 4.76. The van der Waals surface area contributed by atoms with Gasteiger partial charge in [-0.15, -0.1) is 0 Å². The van der Waals surface area contributed by atoms with Crippen molar-refractivity contribution in [1.29, 1.82) is 0 Å². The lowest BCUT2D eigenvalue weighted by molar-refractivity contribution is 0.425. The monoisotopic (exact) mass is 282 g/mol. The minimum absolute atomic E-state index is 0.560. The van der Waals surface area contributed by atoms with Gasteiger partial charge in [0.2, 0.25) is 0 Å².